The van der Waals surface area contributed by atoms with Crippen molar-refractivity contribution >= 4 is 16.0 Å². The van der Waals surface area contributed by atoms with Crippen molar-refractivity contribution in [2.75, 3.05) is 17.8 Å². The maximum absolute atomic E-state index is 12.2. The molecular formula is C11H17N5O2S. The van der Waals surface area contributed by atoms with E-state index < -0.39 is 10.2 Å². The van der Waals surface area contributed by atoms with Crippen LogP contribution in [0.3, 0.4) is 0 Å². The van der Waals surface area contributed by atoms with Crippen LogP contribution in [0.4, 0.5) is 5.82 Å². The number of anilines is 1. The molecular weight excluding hydrogens is 266 g/mol. The van der Waals surface area contributed by atoms with Gasteiger partial charge in [0, 0.05) is 26.3 Å². The quantitative estimate of drug-likeness (QED) is 0.889. The summed E-state index contributed by atoms with van der Waals surface area (Å²) in [5.41, 5.74) is 0.223. The molecule has 1 aliphatic heterocycles. The fraction of sp³-hybridized carbons (Fsp3) is 0.636. The summed E-state index contributed by atoms with van der Waals surface area (Å²) in [5.74, 6) is 0.0919. The summed E-state index contributed by atoms with van der Waals surface area (Å²) < 4.78 is 29.7. The fourth-order valence-electron chi connectivity index (χ4n) is 2.11. The first-order valence-corrected chi connectivity index (χ1v) is 7.68. The van der Waals surface area contributed by atoms with E-state index in [2.05, 4.69) is 9.82 Å². The average molecular weight is 283 g/mol. The number of hydrogen-bond acceptors (Lipinski definition) is 4. The number of hydrogen-bond donors (Lipinski definition) is 1. The molecule has 0 unspecified atom stereocenters. The Morgan fingerprint density at radius 2 is 1.95 bits per heavy atom. The van der Waals surface area contributed by atoms with Gasteiger partial charge in [-0.15, -0.1) is 0 Å². The van der Waals surface area contributed by atoms with Crippen molar-refractivity contribution in [2.45, 2.75) is 25.7 Å². The topological polar surface area (TPSA) is 91.0 Å². The molecule has 7 nitrogen and oxygen atoms in total. The standard InChI is InChI=1S/C11H17N5O2S/c1-15-9-10(8-12)11(13-15)14-19(17,18)16-6-4-2-3-5-7-16/h9H,2-7H2,1H3,(H,13,14). The zero-order valence-corrected chi connectivity index (χ0v) is 11.7. The van der Waals surface area contributed by atoms with Crippen LogP contribution in [0, 0.1) is 11.3 Å². The fourth-order valence-corrected chi connectivity index (χ4v) is 3.38. The summed E-state index contributed by atoms with van der Waals surface area (Å²) in [6, 6.07) is 1.93. The molecule has 0 atom stereocenters. The van der Waals surface area contributed by atoms with Crippen LogP contribution in [-0.2, 0) is 17.3 Å². The molecule has 0 saturated carbocycles. The first-order chi connectivity index (χ1) is 9.03. The van der Waals surface area contributed by atoms with Gasteiger partial charge in [-0.25, -0.2) is 0 Å². The molecule has 2 rings (SSSR count). The maximum atomic E-state index is 12.2. The number of nitriles is 1. The van der Waals surface area contributed by atoms with Gasteiger partial charge in [0.05, 0.1) is 0 Å². The smallest absolute Gasteiger partial charge is 0.272 e. The number of aryl methyl sites for hydroxylation is 1. The zero-order chi connectivity index (χ0) is 13.9. The second kappa shape index (κ2) is 5.59. The van der Waals surface area contributed by atoms with E-state index >= 15 is 0 Å². The molecule has 1 aliphatic rings. The van der Waals surface area contributed by atoms with Crippen LogP contribution in [0.5, 0.6) is 0 Å². The molecule has 0 amide bonds. The molecule has 104 valence electrons. The van der Waals surface area contributed by atoms with Crippen molar-refractivity contribution in [2.24, 2.45) is 7.05 Å². The Kier molecular flexibility index (Phi) is 4.07. The van der Waals surface area contributed by atoms with E-state index in [0.29, 0.717) is 13.1 Å². The third kappa shape index (κ3) is 3.24. The lowest BCUT2D eigenvalue weighted by molar-refractivity contribution is 0.427. The zero-order valence-electron chi connectivity index (χ0n) is 10.8. The first-order valence-electron chi connectivity index (χ1n) is 6.24. The van der Waals surface area contributed by atoms with E-state index in [1.54, 1.807) is 7.05 Å². The van der Waals surface area contributed by atoms with Crippen LogP contribution in [0.25, 0.3) is 0 Å². The summed E-state index contributed by atoms with van der Waals surface area (Å²) in [6.07, 6.45) is 5.33. The summed E-state index contributed by atoms with van der Waals surface area (Å²) in [5, 5.41) is 12.9. The Morgan fingerprint density at radius 3 is 2.53 bits per heavy atom. The minimum Gasteiger partial charge on any atom is -0.272 e. The molecule has 0 radical (unpaired) electrons. The largest absolute Gasteiger partial charge is 0.302 e. The monoisotopic (exact) mass is 283 g/mol. The second-order valence-electron chi connectivity index (χ2n) is 4.60. The van der Waals surface area contributed by atoms with E-state index in [0.717, 1.165) is 25.7 Å². The molecule has 0 aliphatic carbocycles. The SMILES string of the molecule is Cn1cc(C#N)c(NS(=O)(=O)N2CCCCCC2)n1. The molecule has 1 fully saturated rings. The summed E-state index contributed by atoms with van der Waals surface area (Å²) in [7, 11) is -1.98. The van der Waals surface area contributed by atoms with Crippen molar-refractivity contribution in [3.8, 4) is 6.07 Å². The van der Waals surface area contributed by atoms with Gasteiger partial charge in [0.1, 0.15) is 11.6 Å². The number of nitrogens with zero attached hydrogens (tertiary/aromatic N) is 4. The first kappa shape index (κ1) is 13.8. The summed E-state index contributed by atoms with van der Waals surface area (Å²) >= 11 is 0. The van der Waals surface area contributed by atoms with Gasteiger partial charge < -0.3 is 0 Å². The minimum atomic E-state index is -3.62. The van der Waals surface area contributed by atoms with Crippen molar-refractivity contribution in [3.63, 3.8) is 0 Å². The van der Waals surface area contributed by atoms with E-state index in [1.807, 2.05) is 6.07 Å². The van der Waals surface area contributed by atoms with E-state index in [-0.39, 0.29) is 11.4 Å². The lowest BCUT2D eigenvalue weighted by Gasteiger charge is -2.19. The average Bonchev–Trinajstić information content (AvgIpc) is 2.58. The molecule has 0 aromatic carbocycles. The lowest BCUT2D eigenvalue weighted by Crippen LogP contribution is -2.36. The van der Waals surface area contributed by atoms with Crippen LogP contribution >= 0.6 is 0 Å². The lowest BCUT2D eigenvalue weighted by atomic mass is 10.2. The van der Waals surface area contributed by atoms with Crippen molar-refractivity contribution < 1.29 is 8.42 Å². The predicted octanol–water partition coefficient (Wildman–Crippen LogP) is 0.824. The Labute approximate surface area is 113 Å². The number of nitrogens with one attached hydrogen (secondary N) is 1. The van der Waals surface area contributed by atoms with Gasteiger partial charge >= 0.3 is 10.2 Å². The van der Waals surface area contributed by atoms with Gasteiger partial charge in [-0.05, 0) is 12.8 Å². The second-order valence-corrected chi connectivity index (χ2v) is 6.27. The van der Waals surface area contributed by atoms with E-state index in [9.17, 15) is 8.42 Å². The van der Waals surface area contributed by atoms with Crippen molar-refractivity contribution in [1.29, 1.82) is 5.26 Å². The van der Waals surface area contributed by atoms with Crippen LogP contribution in [0.15, 0.2) is 6.20 Å². The van der Waals surface area contributed by atoms with Gasteiger partial charge in [-0.1, -0.05) is 12.8 Å². The molecule has 8 heteroatoms. The van der Waals surface area contributed by atoms with E-state index in [4.69, 9.17) is 5.26 Å². The highest BCUT2D eigenvalue weighted by atomic mass is 32.2. The van der Waals surface area contributed by atoms with Crippen LogP contribution < -0.4 is 4.72 Å². The van der Waals surface area contributed by atoms with Gasteiger partial charge in [0.2, 0.25) is 0 Å². The maximum Gasteiger partial charge on any atom is 0.302 e. The molecule has 1 aromatic rings. The highest BCUT2D eigenvalue weighted by molar-refractivity contribution is 7.90. The molecule has 1 aromatic heterocycles. The van der Waals surface area contributed by atoms with Gasteiger partial charge in [0.15, 0.2) is 5.82 Å². The van der Waals surface area contributed by atoms with Crippen molar-refractivity contribution in [3.05, 3.63) is 11.8 Å². The third-order valence-corrected chi connectivity index (χ3v) is 4.58. The Balaban J connectivity index is 2.18. The molecule has 1 saturated heterocycles. The number of rotatable bonds is 3. The predicted molar refractivity (Wildman–Crippen MR) is 70.5 cm³/mol. The van der Waals surface area contributed by atoms with E-state index in [1.165, 1.54) is 15.2 Å². The highest BCUT2D eigenvalue weighted by Gasteiger charge is 2.24. The molecule has 0 spiro atoms. The molecule has 0 bridgehead atoms. The summed E-state index contributed by atoms with van der Waals surface area (Å²) in [6.45, 7) is 1.04. The van der Waals surface area contributed by atoms with Gasteiger partial charge in [-0.3, -0.25) is 9.40 Å². The highest BCUT2D eigenvalue weighted by Crippen LogP contribution is 2.17. The third-order valence-electron chi connectivity index (χ3n) is 3.08. The van der Waals surface area contributed by atoms with Crippen molar-refractivity contribution in [1.82, 2.24) is 14.1 Å². The van der Waals surface area contributed by atoms with Crippen LogP contribution in [-0.4, -0.2) is 35.6 Å². The van der Waals surface area contributed by atoms with Crippen LogP contribution in [0.2, 0.25) is 0 Å². The summed E-state index contributed by atoms with van der Waals surface area (Å²) in [4.78, 5) is 0. The Hall–Kier alpha value is -1.59. The van der Waals surface area contributed by atoms with Crippen LogP contribution in [0.1, 0.15) is 31.2 Å². The normalized spacial score (nSPS) is 17.7. The number of aromatic nitrogens is 2. The minimum absolute atomic E-state index is 0.0919. The Morgan fingerprint density at radius 1 is 1.32 bits per heavy atom. The Bertz CT molecular complexity index is 579. The van der Waals surface area contributed by atoms with Gasteiger partial charge in [-0.2, -0.15) is 23.1 Å². The van der Waals surface area contributed by atoms with Gasteiger partial charge in [0.25, 0.3) is 0 Å². The molecule has 1 N–H and O–H groups in total. The molecule has 2 heterocycles. The molecule has 19 heavy (non-hydrogen) atoms.